The summed E-state index contributed by atoms with van der Waals surface area (Å²) in [5.74, 6) is -0.334. The third kappa shape index (κ3) is 3.20. The number of carboxylic acids is 1. The van der Waals surface area contributed by atoms with Crippen LogP contribution in [0.1, 0.15) is 10.4 Å². The molecule has 1 aromatic carbocycles. The van der Waals surface area contributed by atoms with Crippen LogP contribution < -0.4 is 10.1 Å². The lowest BCUT2D eigenvalue weighted by molar-refractivity contribution is 0.0697. The van der Waals surface area contributed by atoms with E-state index in [2.05, 4.69) is 26.2 Å². The number of hydrogen-bond donors (Lipinski definition) is 2. The Morgan fingerprint density at radius 2 is 2.20 bits per heavy atom. The third-order valence-electron chi connectivity index (χ3n) is 2.50. The Balaban J connectivity index is 2.44. The molecule has 0 saturated carbocycles. The summed E-state index contributed by atoms with van der Waals surface area (Å²) >= 11 is 9.12. The third-order valence-corrected chi connectivity index (χ3v) is 3.17. The molecule has 1 aromatic heterocycles. The van der Waals surface area contributed by atoms with E-state index in [1.165, 1.54) is 19.4 Å². The minimum absolute atomic E-state index is 0.0430. The van der Waals surface area contributed by atoms with Crippen LogP contribution in [0.15, 0.2) is 34.9 Å². The molecule has 0 aliphatic carbocycles. The van der Waals surface area contributed by atoms with E-state index in [-0.39, 0.29) is 11.4 Å². The van der Waals surface area contributed by atoms with Crippen LogP contribution >= 0.6 is 27.5 Å². The fourth-order valence-corrected chi connectivity index (χ4v) is 2.11. The molecule has 0 amide bonds. The summed E-state index contributed by atoms with van der Waals surface area (Å²) in [6.45, 7) is 0. The maximum atomic E-state index is 11.2. The molecule has 2 N–H and O–H groups in total. The van der Waals surface area contributed by atoms with Gasteiger partial charge in [0.05, 0.1) is 12.8 Å². The standard InChI is InChI=1S/C13H10BrClN2O3/c1-20-11-3-2-8(15)5-10(11)17-12-9(13(18)19)4-7(14)6-16-12/h2-6H,1H3,(H,16,17)(H,18,19). The highest BCUT2D eigenvalue weighted by atomic mass is 79.9. The predicted octanol–water partition coefficient (Wildman–Crippen LogP) is 3.95. The molecule has 0 bridgehead atoms. The van der Waals surface area contributed by atoms with Crippen LogP contribution in [0.2, 0.25) is 5.02 Å². The summed E-state index contributed by atoms with van der Waals surface area (Å²) in [5.41, 5.74) is 0.582. The first-order valence-corrected chi connectivity index (χ1v) is 6.67. The fourth-order valence-electron chi connectivity index (χ4n) is 1.61. The van der Waals surface area contributed by atoms with E-state index in [9.17, 15) is 9.90 Å². The lowest BCUT2D eigenvalue weighted by atomic mass is 10.2. The maximum absolute atomic E-state index is 11.2. The summed E-state index contributed by atoms with van der Waals surface area (Å²) in [6, 6.07) is 6.47. The highest BCUT2D eigenvalue weighted by Crippen LogP contribution is 2.31. The second kappa shape index (κ2) is 6.11. The average Bonchev–Trinajstić information content (AvgIpc) is 2.41. The number of methoxy groups -OCH3 is 1. The van der Waals surface area contributed by atoms with Gasteiger partial charge in [-0.2, -0.15) is 0 Å². The van der Waals surface area contributed by atoms with E-state index in [1.807, 2.05) is 0 Å². The van der Waals surface area contributed by atoms with E-state index in [4.69, 9.17) is 16.3 Å². The van der Waals surface area contributed by atoms with Crippen molar-refractivity contribution in [1.29, 1.82) is 0 Å². The topological polar surface area (TPSA) is 71.5 Å². The zero-order valence-corrected chi connectivity index (χ0v) is 12.7. The first kappa shape index (κ1) is 14.6. The van der Waals surface area contributed by atoms with Crippen molar-refractivity contribution in [2.24, 2.45) is 0 Å². The predicted molar refractivity (Wildman–Crippen MR) is 80.2 cm³/mol. The van der Waals surface area contributed by atoms with Crippen LogP contribution in [0, 0.1) is 0 Å². The number of carbonyl (C=O) groups is 1. The van der Waals surface area contributed by atoms with Gasteiger partial charge in [0, 0.05) is 15.7 Å². The number of ether oxygens (including phenoxy) is 1. The number of halogens is 2. The van der Waals surface area contributed by atoms with Crippen molar-refractivity contribution in [3.63, 3.8) is 0 Å². The normalized spacial score (nSPS) is 10.2. The Labute approximate surface area is 128 Å². The van der Waals surface area contributed by atoms with Crippen molar-refractivity contribution < 1.29 is 14.6 Å². The van der Waals surface area contributed by atoms with Gasteiger partial charge in [0.25, 0.3) is 0 Å². The molecule has 0 aliphatic rings. The summed E-state index contributed by atoms with van der Waals surface area (Å²) in [5, 5.41) is 12.6. The Hall–Kier alpha value is -1.79. The molecule has 20 heavy (non-hydrogen) atoms. The Kier molecular flexibility index (Phi) is 4.46. The molecule has 5 nitrogen and oxygen atoms in total. The average molecular weight is 358 g/mol. The number of aromatic nitrogens is 1. The number of benzene rings is 1. The molecule has 2 aromatic rings. The molecular weight excluding hydrogens is 348 g/mol. The SMILES string of the molecule is COc1ccc(Cl)cc1Nc1ncc(Br)cc1C(=O)O. The van der Waals surface area contributed by atoms with Gasteiger partial charge in [0.15, 0.2) is 0 Å². The van der Waals surface area contributed by atoms with Gasteiger partial charge >= 0.3 is 5.97 Å². The Morgan fingerprint density at radius 1 is 1.45 bits per heavy atom. The van der Waals surface area contributed by atoms with Crippen LogP contribution in [0.3, 0.4) is 0 Å². The molecule has 0 unspecified atom stereocenters. The van der Waals surface area contributed by atoms with Crippen molar-refractivity contribution in [3.05, 3.63) is 45.5 Å². The fraction of sp³-hybridized carbons (Fsp3) is 0.0769. The number of pyridine rings is 1. The summed E-state index contributed by atoms with van der Waals surface area (Å²) in [7, 11) is 1.52. The number of aromatic carboxylic acids is 1. The smallest absolute Gasteiger partial charge is 0.339 e. The van der Waals surface area contributed by atoms with Gasteiger partial charge in [-0.05, 0) is 40.2 Å². The summed E-state index contributed by atoms with van der Waals surface area (Å²) in [4.78, 5) is 15.3. The number of nitrogens with one attached hydrogen (secondary N) is 1. The molecular formula is C13H10BrClN2O3. The monoisotopic (exact) mass is 356 g/mol. The number of anilines is 2. The van der Waals surface area contributed by atoms with E-state index in [0.717, 1.165) is 0 Å². The molecule has 0 radical (unpaired) electrons. The van der Waals surface area contributed by atoms with Gasteiger partial charge in [0.2, 0.25) is 0 Å². The Bertz CT molecular complexity index is 664. The zero-order chi connectivity index (χ0) is 14.7. The second-order valence-corrected chi connectivity index (χ2v) is 5.18. The van der Waals surface area contributed by atoms with E-state index < -0.39 is 5.97 Å². The number of hydrogen-bond acceptors (Lipinski definition) is 4. The van der Waals surface area contributed by atoms with Crippen molar-refractivity contribution in [1.82, 2.24) is 4.98 Å². The lowest BCUT2D eigenvalue weighted by Gasteiger charge is -2.12. The van der Waals surface area contributed by atoms with Crippen LogP contribution in [-0.2, 0) is 0 Å². The first-order valence-electron chi connectivity index (χ1n) is 5.50. The molecule has 0 atom stereocenters. The summed E-state index contributed by atoms with van der Waals surface area (Å²) in [6.07, 6.45) is 1.51. The van der Waals surface area contributed by atoms with Crippen LogP contribution in [-0.4, -0.2) is 23.2 Å². The Morgan fingerprint density at radius 3 is 2.85 bits per heavy atom. The number of nitrogens with zero attached hydrogens (tertiary/aromatic N) is 1. The van der Waals surface area contributed by atoms with Crippen molar-refractivity contribution in [3.8, 4) is 5.75 Å². The van der Waals surface area contributed by atoms with Gasteiger partial charge in [-0.1, -0.05) is 11.6 Å². The zero-order valence-electron chi connectivity index (χ0n) is 10.4. The van der Waals surface area contributed by atoms with E-state index in [0.29, 0.717) is 20.9 Å². The molecule has 0 saturated heterocycles. The van der Waals surface area contributed by atoms with Gasteiger partial charge < -0.3 is 15.2 Å². The van der Waals surface area contributed by atoms with Crippen LogP contribution in [0.5, 0.6) is 5.75 Å². The van der Waals surface area contributed by atoms with Gasteiger partial charge in [-0.15, -0.1) is 0 Å². The van der Waals surface area contributed by atoms with Gasteiger partial charge in [-0.25, -0.2) is 9.78 Å². The molecule has 104 valence electrons. The van der Waals surface area contributed by atoms with Gasteiger partial charge in [0.1, 0.15) is 17.1 Å². The van der Waals surface area contributed by atoms with Crippen LogP contribution in [0.4, 0.5) is 11.5 Å². The van der Waals surface area contributed by atoms with Crippen molar-refractivity contribution >= 4 is 45.0 Å². The lowest BCUT2D eigenvalue weighted by Crippen LogP contribution is -2.05. The minimum Gasteiger partial charge on any atom is -0.495 e. The van der Waals surface area contributed by atoms with Crippen LogP contribution in [0.25, 0.3) is 0 Å². The minimum atomic E-state index is -1.08. The molecule has 0 spiro atoms. The number of rotatable bonds is 4. The maximum Gasteiger partial charge on any atom is 0.339 e. The molecule has 1 heterocycles. The molecule has 0 fully saturated rings. The quantitative estimate of drug-likeness (QED) is 0.867. The highest BCUT2D eigenvalue weighted by molar-refractivity contribution is 9.10. The van der Waals surface area contributed by atoms with E-state index >= 15 is 0 Å². The molecule has 2 rings (SSSR count). The largest absolute Gasteiger partial charge is 0.495 e. The van der Waals surface area contributed by atoms with E-state index in [1.54, 1.807) is 18.2 Å². The summed E-state index contributed by atoms with van der Waals surface area (Å²) < 4.78 is 5.77. The highest BCUT2D eigenvalue weighted by Gasteiger charge is 2.14. The molecule has 7 heteroatoms. The van der Waals surface area contributed by atoms with Crippen molar-refractivity contribution in [2.75, 3.05) is 12.4 Å². The first-order chi connectivity index (χ1) is 9.51. The second-order valence-electron chi connectivity index (χ2n) is 3.82. The number of carboxylic acid groups (broad SMARTS) is 1. The van der Waals surface area contributed by atoms with Crippen molar-refractivity contribution in [2.45, 2.75) is 0 Å². The van der Waals surface area contributed by atoms with Gasteiger partial charge in [-0.3, -0.25) is 0 Å². The molecule has 0 aliphatic heterocycles.